The number of aliphatic hydroxyl groups excluding tert-OH is 1. The molecule has 4 aromatic rings. The minimum atomic E-state index is -0.957. The number of benzene rings is 4. The minimum absolute atomic E-state index is 0.0313. The molecule has 1 fully saturated rings. The molecule has 2 amide bonds. The van der Waals surface area contributed by atoms with E-state index in [-0.39, 0.29) is 36.2 Å². The summed E-state index contributed by atoms with van der Waals surface area (Å²) >= 11 is 1.60. The molecule has 1 heterocycles. The van der Waals surface area contributed by atoms with Crippen molar-refractivity contribution in [1.29, 1.82) is 0 Å². The van der Waals surface area contributed by atoms with Crippen LogP contribution in [0.3, 0.4) is 0 Å². The Balaban J connectivity index is 1.09. The van der Waals surface area contributed by atoms with E-state index in [1.165, 1.54) is 0 Å². The molecule has 0 unspecified atom stereocenters. The van der Waals surface area contributed by atoms with Gasteiger partial charge < -0.3 is 36.1 Å². The van der Waals surface area contributed by atoms with Gasteiger partial charge in [0.05, 0.1) is 35.8 Å². The van der Waals surface area contributed by atoms with Crippen LogP contribution < -0.4 is 16.4 Å². The third kappa shape index (κ3) is 10.9. The Hall–Kier alpha value is -4.68. The van der Waals surface area contributed by atoms with Crippen molar-refractivity contribution >= 4 is 40.9 Å². The van der Waals surface area contributed by atoms with Crippen molar-refractivity contribution in [1.82, 2.24) is 5.32 Å². The van der Waals surface area contributed by atoms with Crippen molar-refractivity contribution in [2.75, 3.05) is 16.8 Å². The van der Waals surface area contributed by atoms with Crippen LogP contribution in [0.4, 0.5) is 11.4 Å². The zero-order valence-corrected chi connectivity index (χ0v) is 28.6. The predicted molar refractivity (Wildman–Crippen MR) is 193 cm³/mol. The summed E-state index contributed by atoms with van der Waals surface area (Å²) in [7, 11) is 0. The number of unbranched alkanes of at least 4 members (excludes halogenated alkanes) is 2. The lowest BCUT2D eigenvalue weighted by atomic mass is 10.0. The highest BCUT2D eigenvalue weighted by Crippen LogP contribution is 2.39. The first kappa shape index (κ1) is 36.6. The maximum Gasteiger partial charge on any atom is 0.335 e. The number of nitrogens with two attached hydrogens (primary N) is 1. The molecule has 5 rings (SSSR count). The maximum absolute atomic E-state index is 12.5. The fraction of sp³-hybridized carbons (Fsp3) is 0.308. The van der Waals surface area contributed by atoms with E-state index >= 15 is 0 Å². The highest BCUT2D eigenvalue weighted by atomic mass is 32.2. The van der Waals surface area contributed by atoms with Crippen molar-refractivity contribution in [2.45, 2.75) is 75.1 Å². The van der Waals surface area contributed by atoms with E-state index in [0.717, 1.165) is 33.6 Å². The van der Waals surface area contributed by atoms with Crippen LogP contribution in [-0.4, -0.2) is 39.9 Å². The number of carboxylic acids is 1. The second-order valence-corrected chi connectivity index (χ2v) is 13.3. The van der Waals surface area contributed by atoms with Gasteiger partial charge >= 0.3 is 5.97 Å². The minimum Gasteiger partial charge on any atom is -0.478 e. The molecule has 0 bridgehead atoms. The molecule has 1 saturated heterocycles. The molecule has 11 heteroatoms. The molecule has 1 aliphatic heterocycles. The van der Waals surface area contributed by atoms with Gasteiger partial charge in [-0.25, -0.2) is 4.79 Å². The van der Waals surface area contributed by atoms with E-state index in [4.69, 9.17) is 15.2 Å². The summed E-state index contributed by atoms with van der Waals surface area (Å²) in [6.45, 7) is 0.364. The van der Waals surface area contributed by atoms with Crippen LogP contribution in [0.15, 0.2) is 102 Å². The molecule has 0 aliphatic carbocycles. The first-order valence-corrected chi connectivity index (χ1v) is 17.7. The molecule has 10 nitrogen and oxygen atoms in total. The quantitative estimate of drug-likeness (QED) is 0.0472. The fourth-order valence-electron chi connectivity index (χ4n) is 5.56. The first-order chi connectivity index (χ1) is 24.3. The molecule has 0 aromatic heterocycles. The molecule has 0 radical (unpaired) electrons. The molecule has 6 N–H and O–H groups in total. The Kier molecular flexibility index (Phi) is 13.4. The highest BCUT2D eigenvalue weighted by Gasteiger charge is 2.32. The number of rotatable bonds is 16. The normalized spacial score (nSPS) is 17.2. The zero-order chi connectivity index (χ0) is 35.3. The van der Waals surface area contributed by atoms with E-state index in [9.17, 15) is 24.6 Å². The van der Waals surface area contributed by atoms with Gasteiger partial charge in [-0.3, -0.25) is 9.59 Å². The van der Waals surface area contributed by atoms with E-state index in [1.807, 2.05) is 60.7 Å². The summed E-state index contributed by atoms with van der Waals surface area (Å²) < 4.78 is 12.9. The number of carboxylic acid groups (broad SMARTS) is 1. The Morgan fingerprint density at radius 3 is 2.12 bits per heavy atom. The monoisotopic (exact) mass is 697 g/mol. The standard InChI is InChI=1S/C39H43N3O7S/c40-33-6-4-5-7-34(33)42-37(45)9-3-1-2-8-36(44)41-23-26-10-16-30(17-11-26)39-48-31(25-50-32-20-18-29(19-21-32)38(46)47)22-35(49-39)28-14-12-27(24-43)13-15-28/h4-7,10-21,31,35,39,43H,1-3,8-9,22-25,40H2,(H,41,44)(H,42,45)(H,46,47)/t31-,35+,39+/m0/s1. The average molecular weight is 698 g/mol. The van der Waals surface area contributed by atoms with Crippen molar-refractivity contribution in [3.05, 3.63) is 125 Å². The van der Waals surface area contributed by atoms with Gasteiger partial charge in [0.25, 0.3) is 0 Å². The summed E-state index contributed by atoms with van der Waals surface area (Å²) in [6, 6.07) is 29.5. The van der Waals surface area contributed by atoms with Gasteiger partial charge in [-0.1, -0.05) is 67.1 Å². The summed E-state index contributed by atoms with van der Waals surface area (Å²) in [5, 5.41) is 24.5. The number of nitrogen functional groups attached to an aromatic ring is 1. The zero-order valence-electron chi connectivity index (χ0n) is 27.8. The fourth-order valence-corrected chi connectivity index (χ4v) is 6.48. The summed E-state index contributed by atoms with van der Waals surface area (Å²) in [6.07, 6.45) is 2.57. The second kappa shape index (κ2) is 18.4. The first-order valence-electron chi connectivity index (χ1n) is 16.7. The van der Waals surface area contributed by atoms with Crippen molar-refractivity contribution in [3.8, 4) is 0 Å². The van der Waals surface area contributed by atoms with Gasteiger partial charge in [0, 0.05) is 42.0 Å². The number of hydrogen-bond acceptors (Lipinski definition) is 8. The van der Waals surface area contributed by atoms with Gasteiger partial charge in [0.1, 0.15) is 0 Å². The van der Waals surface area contributed by atoms with Gasteiger partial charge in [0.2, 0.25) is 11.8 Å². The lowest BCUT2D eigenvalue weighted by Gasteiger charge is -2.36. The molecular weight excluding hydrogens is 655 g/mol. The molecule has 4 aromatic carbocycles. The molecule has 1 aliphatic rings. The van der Waals surface area contributed by atoms with E-state index in [0.29, 0.717) is 55.8 Å². The van der Waals surface area contributed by atoms with Crippen molar-refractivity contribution in [2.24, 2.45) is 0 Å². The predicted octanol–water partition coefficient (Wildman–Crippen LogP) is 7.00. The average Bonchev–Trinajstić information content (AvgIpc) is 3.14. The number of para-hydroxylation sites is 2. The number of anilines is 2. The van der Waals surface area contributed by atoms with Crippen LogP contribution in [0.1, 0.15) is 83.5 Å². The number of ether oxygens (including phenoxy) is 2. The van der Waals surface area contributed by atoms with Crippen LogP contribution in [0.5, 0.6) is 0 Å². The number of thioether (sulfide) groups is 1. The topological polar surface area (TPSA) is 160 Å². The highest BCUT2D eigenvalue weighted by molar-refractivity contribution is 7.99. The molecule has 50 heavy (non-hydrogen) atoms. The maximum atomic E-state index is 12.5. The van der Waals surface area contributed by atoms with E-state index in [2.05, 4.69) is 10.6 Å². The number of amides is 2. The Morgan fingerprint density at radius 1 is 0.780 bits per heavy atom. The van der Waals surface area contributed by atoms with Crippen LogP contribution in [0.25, 0.3) is 0 Å². The smallest absolute Gasteiger partial charge is 0.335 e. The van der Waals surface area contributed by atoms with Crippen LogP contribution >= 0.6 is 11.8 Å². The molecule has 0 saturated carbocycles. The number of nitrogens with one attached hydrogen (secondary N) is 2. The van der Waals surface area contributed by atoms with E-state index < -0.39 is 12.3 Å². The number of carbonyl (C=O) groups excluding carboxylic acids is 2. The number of carbonyl (C=O) groups is 3. The summed E-state index contributed by atoms with van der Waals surface area (Å²) in [4.78, 5) is 36.8. The van der Waals surface area contributed by atoms with Gasteiger partial charge in [-0.15, -0.1) is 11.8 Å². The third-order valence-electron chi connectivity index (χ3n) is 8.44. The second-order valence-electron chi connectivity index (χ2n) is 12.2. The van der Waals surface area contributed by atoms with Gasteiger partial charge in [-0.2, -0.15) is 0 Å². The summed E-state index contributed by atoms with van der Waals surface area (Å²) in [5.74, 6) is -0.437. The van der Waals surface area contributed by atoms with E-state index in [1.54, 1.807) is 48.2 Å². The molecular formula is C39H43N3O7S. The van der Waals surface area contributed by atoms with Crippen LogP contribution in [0, 0.1) is 0 Å². The summed E-state index contributed by atoms with van der Waals surface area (Å²) in [5.41, 5.74) is 10.9. The lowest BCUT2D eigenvalue weighted by Crippen LogP contribution is -2.31. The van der Waals surface area contributed by atoms with Gasteiger partial charge in [-0.05, 0) is 65.9 Å². The lowest BCUT2D eigenvalue weighted by molar-refractivity contribution is -0.245. The Labute approximate surface area is 296 Å². The van der Waals surface area contributed by atoms with Crippen LogP contribution in [0.2, 0.25) is 0 Å². The number of hydrogen-bond donors (Lipinski definition) is 5. The van der Waals surface area contributed by atoms with Crippen molar-refractivity contribution < 1.29 is 34.1 Å². The molecule has 0 spiro atoms. The SMILES string of the molecule is Nc1ccccc1NC(=O)CCCCCC(=O)NCc1ccc([C@@H]2O[C@H](CSc3ccc(C(=O)O)cc3)C[C@H](c3ccc(CO)cc3)O2)cc1. The van der Waals surface area contributed by atoms with Crippen LogP contribution in [-0.2, 0) is 32.2 Å². The number of aromatic carboxylic acids is 1. The van der Waals surface area contributed by atoms with Gasteiger partial charge in [0.15, 0.2) is 6.29 Å². The molecule has 3 atom stereocenters. The number of aliphatic hydroxyl groups is 1. The van der Waals surface area contributed by atoms with Crippen molar-refractivity contribution in [3.63, 3.8) is 0 Å². The third-order valence-corrected chi connectivity index (χ3v) is 9.58. The Bertz CT molecular complexity index is 1720. The Morgan fingerprint density at radius 2 is 1.44 bits per heavy atom. The largest absolute Gasteiger partial charge is 0.478 e. The molecule has 262 valence electrons.